The van der Waals surface area contributed by atoms with Gasteiger partial charge in [0.2, 0.25) is 0 Å². The summed E-state index contributed by atoms with van der Waals surface area (Å²) in [6.07, 6.45) is 5.17. The Morgan fingerprint density at radius 2 is 1.81 bits per heavy atom. The first-order valence-corrected chi connectivity index (χ1v) is 5.85. The Morgan fingerprint density at radius 3 is 2.31 bits per heavy atom. The number of carboxylic acids is 1. The first-order valence-electron chi connectivity index (χ1n) is 5.85. The molecule has 0 atom stereocenters. The van der Waals surface area contributed by atoms with Crippen LogP contribution in [0.25, 0.3) is 0 Å². The third-order valence-electron chi connectivity index (χ3n) is 3.26. The Hall–Kier alpha value is -1.06. The van der Waals surface area contributed by atoms with Gasteiger partial charge in [0, 0.05) is 0 Å². The normalized spacial score (nSPS) is 18.1. The minimum Gasteiger partial charge on any atom is -0.481 e. The van der Waals surface area contributed by atoms with Gasteiger partial charge >= 0.3 is 11.9 Å². The van der Waals surface area contributed by atoms with Gasteiger partial charge in [0.25, 0.3) is 0 Å². The second kappa shape index (κ2) is 5.32. The van der Waals surface area contributed by atoms with E-state index in [4.69, 9.17) is 9.84 Å². The van der Waals surface area contributed by atoms with E-state index in [1.54, 1.807) is 0 Å². The highest BCUT2D eigenvalue weighted by Gasteiger charge is 2.34. The van der Waals surface area contributed by atoms with Gasteiger partial charge in [-0.2, -0.15) is 0 Å². The van der Waals surface area contributed by atoms with Crippen LogP contribution in [-0.2, 0) is 14.3 Å². The largest absolute Gasteiger partial charge is 0.481 e. The van der Waals surface area contributed by atoms with Crippen LogP contribution in [0.15, 0.2) is 0 Å². The van der Waals surface area contributed by atoms with Crippen molar-refractivity contribution in [1.82, 2.24) is 0 Å². The zero-order valence-electron chi connectivity index (χ0n) is 9.99. The molecule has 0 aromatic carbocycles. The molecule has 0 aromatic heterocycles. The van der Waals surface area contributed by atoms with Crippen molar-refractivity contribution in [2.45, 2.75) is 58.0 Å². The number of hydrogen-bond acceptors (Lipinski definition) is 3. The molecule has 92 valence electrons. The summed E-state index contributed by atoms with van der Waals surface area (Å²) in [6.45, 7) is 3.76. The highest BCUT2D eigenvalue weighted by Crippen LogP contribution is 2.34. The maximum Gasteiger partial charge on any atom is 0.317 e. The van der Waals surface area contributed by atoms with E-state index >= 15 is 0 Å². The van der Waals surface area contributed by atoms with Crippen molar-refractivity contribution in [3.8, 4) is 0 Å². The Morgan fingerprint density at radius 1 is 1.25 bits per heavy atom. The van der Waals surface area contributed by atoms with E-state index in [1.165, 1.54) is 19.3 Å². The molecule has 1 aliphatic rings. The average molecular weight is 228 g/mol. The molecular weight excluding hydrogens is 208 g/mol. The van der Waals surface area contributed by atoms with Crippen molar-refractivity contribution in [2.24, 2.45) is 5.92 Å². The summed E-state index contributed by atoms with van der Waals surface area (Å²) >= 11 is 0. The van der Waals surface area contributed by atoms with E-state index in [9.17, 15) is 9.59 Å². The smallest absolute Gasteiger partial charge is 0.317 e. The Kier molecular flexibility index (Phi) is 4.33. The molecule has 4 heteroatoms. The van der Waals surface area contributed by atoms with E-state index in [0.717, 1.165) is 12.8 Å². The first kappa shape index (κ1) is 13.0. The van der Waals surface area contributed by atoms with Crippen LogP contribution >= 0.6 is 0 Å². The molecule has 0 amide bonds. The number of carbonyl (C=O) groups is 2. The van der Waals surface area contributed by atoms with Gasteiger partial charge in [-0.25, -0.2) is 0 Å². The third-order valence-corrected chi connectivity index (χ3v) is 3.26. The predicted octanol–water partition coefficient (Wildman–Crippen LogP) is 2.36. The summed E-state index contributed by atoms with van der Waals surface area (Å²) in [4.78, 5) is 21.7. The predicted molar refractivity (Wildman–Crippen MR) is 59.0 cm³/mol. The van der Waals surface area contributed by atoms with Crippen molar-refractivity contribution in [3.05, 3.63) is 0 Å². The summed E-state index contributed by atoms with van der Waals surface area (Å²) in [5.74, 6) is -1.41. The molecule has 0 aromatic rings. The first-order chi connectivity index (χ1) is 7.42. The monoisotopic (exact) mass is 228 g/mol. The van der Waals surface area contributed by atoms with E-state index in [2.05, 4.69) is 0 Å². The minimum atomic E-state index is -1.13. The van der Waals surface area contributed by atoms with Gasteiger partial charge in [0.1, 0.15) is 12.0 Å². The van der Waals surface area contributed by atoms with Crippen LogP contribution in [0.5, 0.6) is 0 Å². The summed E-state index contributed by atoms with van der Waals surface area (Å²) < 4.78 is 5.27. The van der Waals surface area contributed by atoms with Crippen molar-refractivity contribution < 1.29 is 19.4 Å². The van der Waals surface area contributed by atoms with E-state index in [-0.39, 0.29) is 0 Å². The molecule has 1 saturated carbocycles. The molecule has 4 nitrogen and oxygen atoms in total. The fraction of sp³-hybridized carbons (Fsp3) is 0.833. The second-order valence-corrected chi connectivity index (χ2v) is 4.98. The summed E-state index contributed by atoms with van der Waals surface area (Å²) in [5.41, 5.74) is -0.535. The highest BCUT2D eigenvalue weighted by atomic mass is 16.6. The van der Waals surface area contributed by atoms with Crippen LogP contribution in [0.2, 0.25) is 0 Å². The number of rotatable bonds is 4. The van der Waals surface area contributed by atoms with Crippen LogP contribution in [0, 0.1) is 5.92 Å². The number of aliphatic carboxylic acids is 1. The zero-order valence-corrected chi connectivity index (χ0v) is 9.99. The lowest BCUT2D eigenvalue weighted by molar-refractivity contribution is -0.166. The van der Waals surface area contributed by atoms with Crippen molar-refractivity contribution >= 4 is 11.9 Å². The van der Waals surface area contributed by atoms with Crippen molar-refractivity contribution in [1.29, 1.82) is 0 Å². The molecule has 0 radical (unpaired) electrons. The Balaban J connectivity index is 2.48. The Labute approximate surface area is 96.0 Å². The third kappa shape index (κ3) is 3.83. The summed E-state index contributed by atoms with van der Waals surface area (Å²) in [6, 6.07) is 0. The van der Waals surface area contributed by atoms with Gasteiger partial charge in [-0.15, -0.1) is 0 Å². The topological polar surface area (TPSA) is 63.6 Å². The molecule has 0 heterocycles. The number of esters is 1. The standard InChI is InChI=1S/C12H20O4/c1-12(2,9-6-4-3-5-7-9)16-11(15)8-10(13)14/h9H,3-8H2,1-2H3,(H,13,14). The van der Waals surface area contributed by atoms with Crippen LogP contribution in [0.4, 0.5) is 0 Å². The average Bonchev–Trinajstić information content (AvgIpc) is 2.16. The summed E-state index contributed by atoms with van der Waals surface area (Å²) in [5, 5.41) is 8.49. The number of hydrogen-bond donors (Lipinski definition) is 1. The lowest BCUT2D eigenvalue weighted by atomic mass is 9.79. The second-order valence-electron chi connectivity index (χ2n) is 4.98. The van der Waals surface area contributed by atoms with E-state index in [0.29, 0.717) is 5.92 Å². The van der Waals surface area contributed by atoms with E-state index < -0.39 is 24.0 Å². The SMILES string of the molecule is CC(C)(OC(=O)CC(=O)O)C1CCCCC1. The molecule has 0 aliphatic heterocycles. The number of carboxylic acid groups (broad SMARTS) is 1. The zero-order chi connectivity index (χ0) is 12.2. The number of ether oxygens (including phenoxy) is 1. The van der Waals surface area contributed by atoms with Gasteiger partial charge in [-0.1, -0.05) is 19.3 Å². The van der Waals surface area contributed by atoms with Gasteiger partial charge in [0.15, 0.2) is 0 Å². The lowest BCUT2D eigenvalue weighted by Crippen LogP contribution is -2.38. The fourth-order valence-electron chi connectivity index (χ4n) is 2.33. The maximum atomic E-state index is 11.3. The van der Waals surface area contributed by atoms with Gasteiger partial charge in [-0.3, -0.25) is 9.59 Å². The molecule has 1 rings (SSSR count). The van der Waals surface area contributed by atoms with Crippen LogP contribution in [0.3, 0.4) is 0 Å². The maximum absolute atomic E-state index is 11.3. The highest BCUT2D eigenvalue weighted by molar-refractivity contribution is 5.90. The lowest BCUT2D eigenvalue weighted by Gasteiger charge is -2.36. The van der Waals surface area contributed by atoms with Crippen LogP contribution in [-0.4, -0.2) is 22.6 Å². The molecule has 1 fully saturated rings. The quantitative estimate of drug-likeness (QED) is 0.592. The van der Waals surface area contributed by atoms with Crippen LogP contribution < -0.4 is 0 Å². The fourth-order valence-corrected chi connectivity index (χ4v) is 2.33. The molecule has 0 spiro atoms. The molecular formula is C12H20O4. The van der Waals surface area contributed by atoms with E-state index in [1.807, 2.05) is 13.8 Å². The molecule has 1 N–H and O–H groups in total. The van der Waals surface area contributed by atoms with Crippen molar-refractivity contribution in [3.63, 3.8) is 0 Å². The number of carbonyl (C=O) groups excluding carboxylic acids is 1. The van der Waals surface area contributed by atoms with Crippen molar-refractivity contribution in [2.75, 3.05) is 0 Å². The molecule has 0 unspecified atom stereocenters. The van der Waals surface area contributed by atoms with Gasteiger partial charge < -0.3 is 9.84 Å². The molecule has 16 heavy (non-hydrogen) atoms. The molecule has 0 bridgehead atoms. The van der Waals surface area contributed by atoms with Gasteiger partial charge in [-0.05, 0) is 32.6 Å². The van der Waals surface area contributed by atoms with Gasteiger partial charge in [0.05, 0.1) is 0 Å². The van der Waals surface area contributed by atoms with Crippen LogP contribution in [0.1, 0.15) is 52.4 Å². The molecule has 0 saturated heterocycles. The Bertz CT molecular complexity index is 264. The molecule has 1 aliphatic carbocycles. The summed E-state index contributed by atoms with van der Waals surface area (Å²) in [7, 11) is 0. The minimum absolute atomic E-state index is 0.360.